The molecule has 1 amide bonds. The predicted octanol–water partition coefficient (Wildman–Crippen LogP) is 3.83. The quantitative estimate of drug-likeness (QED) is 0.551. The van der Waals surface area contributed by atoms with Crippen molar-refractivity contribution in [2.75, 3.05) is 19.6 Å². The summed E-state index contributed by atoms with van der Waals surface area (Å²) < 4.78 is 15.9. The Kier molecular flexibility index (Phi) is 7.24. The molecule has 0 spiro atoms. The highest BCUT2D eigenvalue weighted by atomic mass is 19.1. The molecule has 1 atom stereocenters. The Morgan fingerprint density at radius 2 is 2.06 bits per heavy atom. The third kappa shape index (κ3) is 5.26. The highest BCUT2D eigenvalue weighted by Crippen LogP contribution is 2.29. The molecule has 4 rings (SSSR count). The fourth-order valence-corrected chi connectivity index (χ4v) is 4.50. The summed E-state index contributed by atoms with van der Waals surface area (Å²) in [4.78, 5) is 21.4. The molecule has 0 aliphatic carbocycles. The zero-order chi connectivity index (χ0) is 24.1. The Hall–Kier alpha value is -3.70. The average molecular weight is 462 g/mol. The number of carbonyl (C=O) groups excluding carboxylic acids is 1. The second-order valence-corrected chi connectivity index (χ2v) is 8.64. The van der Waals surface area contributed by atoms with Crippen LogP contribution in [0, 0.1) is 17.1 Å². The standard InChI is InChI=1S/C26H28FN5O2/c1-2-4-25(20-5-3-6-23(33)12-20)32-10-9-30(17-26(32)34)16-22-14-29-18-31(22)15-19-7-8-21(13-28)24(27)11-19/h3,5-8,11-12,14,18,25,33H,2,4,9-10,15-17H2,1H3. The molecule has 1 unspecified atom stereocenters. The number of phenols is 1. The monoisotopic (exact) mass is 461 g/mol. The van der Waals surface area contributed by atoms with E-state index in [9.17, 15) is 14.3 Å². The number of rotatable bonds is 8. The third-order valence-electron chi connectivity index (χ3n) is 6.22. The van der Waals surface area contributed by atoms with Gasteiger partial charge < -0.3 is 14.6 Å². The van der Waals surface area contributed by atoms with Crippen LogP contribution in [0.4, 0.5) is 4.39 Å². The molecule has 1 N–H and O–H groups in total. The van der Waals surface area contributed by atoms with E-state index in [4.69, 9.17) is 5.26 Å². The number of halogens is 1. The Morgan fingerprint density at radius 3 is 2.76 bits per heavy atom. The molecule has 34 heavy (non-hydrogen) atoms. The highest BCUT2D eigenvalue weighted by Gasteiger charge is 2.30. The SMILES string of the molecule is CCCC(c1cccc(O)c1)N1CCN(Cc2cncn2Cc2ccc(C#N)c(F)c2)CC1=O. The maximum Gasteiger partial charge on any atom is 0.237 e. The zero-order valence-electron chi connectivity index (χ0n) is 19.2. The van der Waals surface area contributed by atoms with Crippen LogP contribution < -0.4 is 0 Å². The van der Waals surface area contributed by atoms with Crippen molar-refractivity contribution in [1.82, 2.24) is 19.4 Å². The minimum atomic E-state index is -0.531. The van der Waals surface area contributed by atoms with Gasteiger partial charge in [0.2, 0.25) is 5.91 Å². The number of imidazole rings is 1. The smallest absolute Gasteiger partial charge is 0.237 e. The van der Waals surface area contributed by atoms with Crippen LogP contribution in [0.5, 0.6) is 5.75 Å². The molecule has 8 heteroatoms. The van der Waals surface area contributed by atoms with Gasteiger partial charge in [0, 0.05) is 32.4 Å². The summed E-state index contributed by atoms with van der Waals surface area (Å²) in [5.74, 6) is -0.259. The second-order valence-electron chi connectivity index (χ2n) is 8.64. The molecule has 3 aromatic rings. The molecule has 1 aromatic heterocycles. The summed E-state index contributed by atoms with van der Waals surface area (Å²) in [6.45, 7) is 4.72. The van der Waals surface area contributed by atoms with Gasteiger partial charge in [-0.1, -0.05) is 31.5 Å². The first-order chi connectivity index (χ1) is 16.5. The summed E-state index contributed by atoms with van der Waals surface area (Å²) >= 11 is 0. The van der Waals surface area contributed by atoms with Crippen LogP contribution in [0.15, 0.2) is 55.0 Å². The molecule has 0 radical (unpaired) electrons. The number of amides is 1. The fourth-order valence-electron chi connectivity index (χ4n) is 4.50. The lowest BCUT2D eigenvalue weighted by atomic mass is 9.99. The number of nitriles is 1. The van der Waals surface area contributed by atoms with Gasteiger partial charge in [-0.3, -0.25) is 9.69 Å². The first-order valence-corrected chi connectivity index (χ1v) is 11.5. The number of hydrogen-bond acceptors (Lipinski definition) is 5. The number of carbonyl (C=O) groups is 1. The minimum Gasteiger partial charge on any atom is -0.508 e. The Bertz CT molecular complexity index is 1200. The number of piperazine rings is 1. The van der Waals surface area contributed by atoms with Crippen LogP contribution >= 0.6 is 0 Å². The summed E-state index contributed by atoms with van der Waals surface area (Å²) in [6.07, 6.45) is 5.23. The van der Waals surface area contributed by atoms with Crippen LogP contribution in [0.2, 0.25) is 0 Å². The van der Waals surface area contributed by atoms with Crippen molar-refractivity contribution in [3.05, 3.63) is 83.2 Å². The predicted molar refractivity (Wildman–Crippen MR) is 125 cm³/mol. The molecule has 2 aromatic carbocycles. The van der Waals surface area contributed by atoms with E-state index in [1.54, 1.807) is 30.7 Å². The van der Waals surface area contributed by atoms with Crippen LogP contribution in [-0.2, 0) is 17.9 Å². The van der Waals surface area contributed by atoms with Gasteiger partial charge in [0.1, 0.15) is 17.6 Å². The number of nitrogens with zero attached hydrogens (tertiary/aromatic N) is 5. The van der Waals surface area contributed by atoms with E-state index < -0.39 is 5.82 Å². The van der Waals surface area contributed by atoms with Gasteiger partial charge in [-0.2, -0.15) is 5.26 Å². The molecule has 7 nitrogen and oxygen atoms in total. The van der Waals surface area contributed by atoms with Gasteiger partial charge >= 0.3 is 0 Å². The van der Waals surface area contributed by atoms with E-state index in [2.05, 4.69) is 16.8 Å². The van der Waals surface area contributed by atoms with Gasteiger partial charge in [-0.05, 0) is 41.8 Å². The van der Waals surface area contributed by atoms with Crippen molar-refractivity contribution in [2.24, 2.45) is 0 Å². The molecule has 1 fully saturated rings. The van der Waals surface area contributed by atoms with Gasteiger partial charge in [-0.25, -0.2) is 9.37 Å². The Morgan fingerprint density at radius 1 is 1.21 bits per heavy atom. The summed E-state index contributed by atoms with van der Waals surface area (Å²) in [5, 5.41) is 18.8. The minimum absolute atomic E-state index is 0.0260. The number of benzene rings is 2. The molecule has 1 aliphatic rings. The van der Waals surface area contributed by atoms with Crippen LogP contribution in [-0.4, -0.2) is 50.0 Å². The third-order valence-corrected chi connectivity index (χ3v) is 6.22. The topological polar surface area (TPSA) is 85.4 Å². The number of hydrogen-bond donors (Lipinski definition) is 1. The lowest BCUT2D eigenvalue weighted by molar-refractivity contribution is -0.139. The normalized spacial score (nSPS) is 15.3. The fraction of sp³-hybridized carbons (Fsp3) is 0.346. The van der Waals surface area contributed by atoms with Crippen LogP contribution in [0.3, 0.4) is 0 Å². The van der Waals surface area contributed by atoms with E-state index in [0.29, 0.717) is 26.2 Å². The molecule has 0 saturated carbocycles. The summed E-state index contributed by atoms with van der Waals surface area (Å²) in [5.41, 5.74) is 2.66. The maximum atomic E-state index is 14.0. The molecular formula is C26H28FN5O2. The van der Waals surface area contributed by atoms with Gasteiger partial charge in [0.05, 0.1) is 30.2 Å². The Balaban J connectivity index is 1.42. The summed E-state index contributed by atoms with van der Waals surface area (Å²) in [6, 6.07) is 13.5. The van der Waals surface area contributed by atoms with Crippen molar-refractivity contribution >= 4 is 5.91 Å². The largest absolute Gasteiger partial charge is 0.508 e. The molecule has 0 bridgehead atoms. The lowest BCUT2D eigenvalue weighted by Gasteiger charge is -2.39. The van der Waals surface area contributed by atoms with Crippen LogP contribution in [0.1, 0.15) is 48.2 Å². The second kappa shape index (κ2) is 10.5. The van der Waals surface area contributed by atoms with Crippen molar-refractivity contribution in [3.8, 4) is 11.8 Å². The zero-order valence-corrected chi connectivity index (χ0v) is 19.2. The van der Waals surface area contributed by atoms with Crippen LogP contribution in [0.25, 0.3) is 0 Å². The number of phenolic OH excluding ortho intramolecular Hbond substituents is 1. The molecule has 1 aliphatic heterocycles. The van der Waals surface area contributed by atoms with E-state index in [1.165, 1.54) is 12.1 Å². The van der Waals surface area contributed by atoms with E-state index >= 15 is 0 Å². The molecular weight excluding hydrogens is 433 g/mol. The molecule has 1 saturated heterocycles. The van der Waals surface area contributed by atoms with E-state index in [0.717, 1.165) is 36.2 Å². The average Bonchev–Trinajstić information content (AvgIpc) is 3.24. The first-order valence-electron chi connectivity index (χ1n) is 11.5. The van der Waals surface area contributed by atoms with Gasteiger partial charge in [-0.15, -0.1) is 0 Å². The van der Waals surface area contributed by atoms with Crippen molar-refractivity contribution in [3.63, 3.8) is 0 Å². The van der Waals surface area contributed by atoms with Gasteiger partial charge in [0.15, 0.2) is 0 Å². The molecule has 176 valence electrons. The number of aromatic hydroxyl groups is 1. The highest BCUT2D eigenvalue weighted by molar-refractivity contribution is 5.79. The maximum absolute atomic E-state index is 14.0. The lowest BCUT2D eigenvalue weighted by Crippen LogP contribution is -2.51. The van der Waals surface area contributed by atoms with Crippen molar-refractivity contribution in [1.29, 1.82) is 5.26 Å². The van der Waals surface area contributed by atoms with E-state index in [-0.39, 0.29) is 23.3 Å². The Labute approximate surface area is 198 Å². The summed E-state index contributed by atoms with van der Waals surface area (Å²) in [7, 11) is 0. The van der Waals surface area contributed by atoms with Crippen molar-refractivity contribution < 1.29 is 14.3 Å². The first kappa shape index (κ1) is 23.5. The number of aromatic nitrogens is 2. The molecule has 2 heterocycles. The van der Waals surface area contributed by atoms with Crippen molar-refractivity contribution in [2.45, 2.75) is 38.9 Å². The van der Waals surface area contributed by atoms with E-state index in [1.807, 2.05) is 27.7 Å². The van der Waals surface area contributed by atoms with Gasteiger partial charge in [0.25, 0.3) is 0 Å².